The molecule has 0 radical (unpaired) electrons. The number of hydrogen-bond donors (Lipinski definition) is 2. The summed E-state index contributed by atoms with van der Waals surface area (Å²) in [7, 11) is 0. The molecule has 1 rings (SSSR count). The number of carbonyl (C=O) groups is 2. The maximum Gasteiger partial charge on any atom is 0.306 e. The predicted molar refractivity (Wildman–Crippen MR) is 77.2 cm³/mol. The van der Waals surface area contributed by atoms with Crippen LogP contribution in [-0.2, 0) is 4.79 Å². The molecule has 1 heterocycles. The topological polar surface area (TPSA) is 92.2 Å². The molecule has 1 aromatic rings. The standard InChI is InChI=1S/C12H16ClN3O3S/c1-7(11(18)19)4-3-5-14-10(17)9-8(13)6-15-12(16-9)20-2/h6-7H,3-5H2,1-2H3,(H,14,17)(H,18,19). The quantitative estimate of drug-likeness (QED) is 0.454. The van der Waals surface area contributed by atoms with E-state index in [2.05, 4.69) is 15.3 Å². The fourth-order valence-electron chi connectivity index (χ4n) is 1.43. The van der Waals surface area contributed by atoms with Crippen LogP contribution in [0.25, 0.3) is 0 Å². The first-order valence-electron chi connectivity index (χ1n) is 6.03. The molecule has 20 heavy (non-hydrogen) atoms. The Morgan fingerprint density at radius 1 is 1.55 bits per heavy atom. The van der Waals surface area contributed by atoms with Gasteiger partial charge < -0.3 is 10.4 Å². The smallest absolute Gasteiger partial charge is 0.306 e. The fourth-order valence-corrected chi connectivity index (χ4v) is 1.94. The second kappa shape index (κ2) is 8.06. The van der Waals surface area contributed by atoms with Gasteiger partial charge in [-0.05, 0) is 19.1 Å². The summed E-state index contributed by atoms with van der Waals surface area (Å²) in [6.07, 6.45) is 4.28. The average molecular weight is 318 g/mol. The second-order valence-electron chi connectivity index (χ2n) is 4.19. The number of nitrogens with zero attached hydrogens (tertiary/aromatic N) is 2. The van der Waals surface area contributed by atoms with E-state index in [4.69, 9.17) is 16.7 Å². The molecule has 2 N–H and O–H groups in total. The van der Waals surface area contributed by atoms with E-state index < -0.39 is 11.9 Å². The lowest BCUT2D eigenvalue weighted by Crippen LogP contribution is -2.26. The number of carboxylic acid groups (broad SMARTS) is 1. The first kappa shape index (κ1) is 16.7. The van der Waals surface area contributed by atoms with Gasteiger partial charge in [-0.15, -0.1) is 0 Å². The molecule has 0 bridgehead atoms. The van der Waals surface area contributed by atoms with Gasteiger partial charge in [0.15, 0.2) is 10.9 Å². The van der Waals surface area contributed by atoms with Crippen LogP contribution < -0.4 is 5.32 Å². The fraction of sp³-hybridized carbons (Fsp3) is 0.500. The summed E-state index contributed by atoms with van der Waals surface area (Å²) >= 11 is 7.20. The van der Waals surface area contributed by atoms with Gasteiger partial charge in [0.25, 0.3) is 5.91 Å². The van der Waals surface area contributed by atoms with Gasteiger partial charge in [0, 0.05) is 6.54 Å². The molecule has 1 atom stereocenters. The third-order valence-electron chi connectivity index (χ3n) is 2.64. The molecule has 110 valence electrons. The number of aliphatic carboxylic acids is 1. The van der Waals surface area contributed by atoms with E-state index in [9.17, 15) is 9.59 Å². The molecule has 0 aliphatic heterocycles. The minimum atomic E-state index is -0.834. The van der Waals surface area contributed by atoms with Crippen molar-refractivity contribution < 1.29 is 14.7 Å². The molecular weight excluding hydrogens is 302 g/mol. The van der Waals surface area contributed by atoms with Crippen molar-refractivity contribution >= 4 is 35.2 Å². The van der Waals surface area contributed by atoms with Crippen molar-refractivity contribution in [3.63, 3.8) is 0 Å². The van der Waals surface area contributed by atoms with E-state index in [0.717, 1.165) is 0 Å². The predicted octanol–water partition coefficient (Wildman–Crippen LogP) is 2.08. The van der Waals surface area contributed by atoms with E-state index in [0.29, 0.717) is 24.5 Å². The summed E-state index contributed by atoms with van der Waals surface area (Å²) in [4.78, 5) is 30.5. The molecule has 0 fully saturated rings. The highest BCUT2D eigenvalue weighted by atomic mass is 35.5. The maximum absolute atomic E-state index is 11.9. The Balaban J connectivity index is 2.49. The van der Waals surface area contributed by atoms with Crippen LogP contribution >= 0.6 is 23.4 Å². The molecule has 0 spiro atoms. The van der Waals surface area contributed by atoms with Gasteiger partial charge in [0.1, 0.15) is 0 Å². The summed E-state index contributed by atoms with van der Waals surface area (Å²) in [6, 6.07) is 0. The number of rotatable bonds is 7. The molecule has 0 aliphatic carbocycles. The van der Waals surface area contributed by atoms with Crippen molar-refractivity contribution in [3.8, 4) is 0 Å². The molecule has 1 aromatic heterocycles. The Labute approximate surface area is 126 Å². The number of aromatic nitrogens is 2. The number of carbonyl (C=O) groups excluding carboxylic acids is 1. The van der Waals surface area contributed by atoms with Crippen molar-refractivity contribution in [3.05, 3.63) is 16.9 Å². The molecule has 0 saturated heterocycles. The Hall–Kier alpha value is -1.34. The van der Waals surface area contributed by atoms with Gasteiger partial charge in [-0.2, -0.15) is 0 Å². The van der Waals surface area contributed by atoms with Crippen LogP contribution in [0.3, 0.4) is 0 Å². The van der Waals surface area contributed by atoms with Crippen molar-refractivity contribution in [1.29, 1.82) is 0 Å². The van der Waals surface area contributed by atoms with E-state index in [-0.39, 0.29) is 16.6 Å². The van der Waals surface area contributed by atoms with E-state index in [1.807, 2.05) is 0 Å². The highest BCUT2D eigenvalue weighted by molar-refractivity contribution is 7.98. The average Bonchev–Trinajstić information content (AvgIpc) is 2.43. The van der Waals surface area contributed by atoms with Gasteiger partial charge in [-0.3, -0.25) is 9.59 Å². The maximum atomic E-state index is 11.9. The second-order valence-corrected chi connectivity index (χ2v) is 5.37. The number of nitrogens with one attached hydrogen (secondary N) is 1. The molecular formula is C12H16ClN3O3S. The van der Waals surface area contributed by atoms with Crippen LogP contribution in [0.2, 0.25) is 5.02 Å². The van der Waals surface area contributed by atoms with Crippen LogP contribution in [0.1, 0.15) is 30.3 Å². The first-order chi connectivity index (χ1) is 9.45. The molecule has 0 saturated carbocycles. The number of halogens is 1. The Bertz CT molecular complexity index is 499. The number of hydrogen-bond acceptors (Lipinski definition) is 5. The minimum absolute atomic E-state index is 0.136. The highest BCUT2D eigenvalue weighted by Gasteiger charge is 2.14. The molecule has 1 amide bonds. The summed E-state index contributed by atoms with van der Waals surface area (Å²) in [5, 5.41) is 12.1. The zero-order chi connectivity index (χ0) is 15.1. The lowest BCUT2D eigenvalue weighted by atomic mass is 10.1. The third kappa shape index (κ3) is 4.97. The van der Waals surface area contributed by atoms with Gasteiger partial charge in [-0.1, -0.05) is 30.3 Å². The molecule has 0 aliphatic rings. The van der Waals surface area contributed by atoms with Gasteiger partial charge in [0.05, 0.1) is 17.1 Å². The lowest BCUT2D eigenvalue weighted by Gasteiger charge is -2.08. The van der Waals surface area contributed by atoms with Crippen LogP contribution in [0, 0.1) is 5.92 Å². The summed E-state index contributed by atoms with van der Waals surface area (Å²) in [5.74, 6) is -1.63. The minimum Gasteiger partial charge on any atom is -0.481 e. The van der Waals surface area contributed by atoms with Crippen LogP contribution in [0.5, 0.6) is 0 Å². The van der Waals surface area contributed by atoms with Crippen LogP contribution in [-0.4, -0.2) is 39.8 Å². The van der Waals surface area contributed by atoms with Crippen molar-refractivity contribution in [1.82, 2.24) is 15.3 Å². The number of amides is 1. The lowest BCUT2D eigenvalue weighted by molar-refractivity contribution is -0.141. The van der Waals surface area contributed by atoms with Crippen molar-refractivity contribution in [2.24, 2.45) is 5.92 Å². The molecule has 6 nitrogen and oxygen atoms in total. The number of thioether (sulfide) groups is 1. The first-order valence-corrected chi connectivity index (χ1v) is 7.63. The van der Waals surface area contributed by atoms with Gasteiger partial charge in [0.2, 0.25) is 0 Å². The summed E-state index contributed by atoms with van der Waals surface area (Å²) < 4.78 is 0. The van der Waals surface area contributed by atoms with E-state index in [1.165, 1.54) is 18.0 Å². The van der Waals surface area contributed by atoms with Crippen molar-refractivity contribution in [2.75, 3.05) is 12.8 Å². The zero-order valence-electron chi connectivity index (χ0n) is 11.2. The van der Waals surface area contributed by atoms with Crippen LogP contribution in [0.4, 0.5) is 0 Å². The van der Waals surface area contributed by atoms with Crippen molar-refractivity contribution in [2.45, 2.75) is 24.9 Å². The van der Waals surface area contributed by atoms with E-state index in [1.54, 1.807) is 13.2 Å². The number of carboxylic acids is 1. The van der Waals surface area contributed by atoms with Crippen LogP contribution in [0.15, 0.2) is 11.4 Å². The van der Waals surface area contributed by atoms with Gasteiger partial charge >= 0.3 is 5.97 Å². The Morgan fingerprint density at radius 3 is 2.85 bits per heavy atom. The zero-order valence-corrected chi connectivity index (χ0v) is 12.8. The Morgan fingerprint density at radius 2 is 2.25 bits per heavy atom. The SMILES string of the molecule is CSc1ncc(Cl)c(C(=O)NCCCC(C)C(=O)O)n1. The largest absolute Gasteiger partial charge is 0.481 e. The normalized spacial score (nSPS) is 11.9. The third-order valence-corrected chi connectivity index (χ3v) is 3.48. The monoisotopic (exact) mass is 317 g/mol. The van der Waals surface area contributed by atoms with Gasteiger partial charge in [-0.25, -0.2) is 9.97 Å². The molecule has 0 aromatic carbocycles. The molecule has 1 unspecified atom stereocenters. The Kier molecular flexibility index (Phi) is 6.74. The molecule has 8 heteroatoms. The summed E-state index contributed by atoms with van der Waals surface area (Å²) in [6.45, 7) is 2.02. The summed E-state index contributed by atoms with van der Waals surface area (Å²) in [5.41, 5.74) is 0.136. The highest BCUT2D eigenvalue weighted by Crippen LogP contribution is 2.16. The van der Waals surface area contributed by atoms with E-state index >= 15 is 0 Å².